The summed E-state index contributed by atoms with van der Waals surface area (Å²) in [5, 5.41) is 10.5. The molecule has 22 heavy (non-hydrogen) atoms. The second-order valence-corrected chi connectivity index (χ2v) is 5.05. The van der Waals surface area contributed by atoms with Crippen LogP contribution >= 0.6 is 0 Å². The Morgan fingerprint density at radius 3 is 2.45 bits per heavy atom. The number of H-pyrrole nitrogens is 1. The minimum atomic E-state index is 0.603. The van der Waals surface area contributed by atoms with Crippen LogP contribution in [0.15, 0.2) is 48.5 Å². The molecule has 0 aliphatic heterocycles. The first-order valence-corrected chi connectivity index (χ1v) is 7.11. The summed E-state index contributed by atoms with van der Waals surface area (Å²) in [5.74, 6) is 2.30. The number of anilines is 1. The van der Waals surface area contributed by atoms with Crippen molar-refractivity contribution in [3.8, 4) is 17.1 Å². The summed E-state index contributed by atoms with van der Waals surface area (Å²) in [5.41, 5.74) is 3.26. The molecule has 0 saturated carbocycles. The van der Waals surface area contributed by atoms with Crippen LogP contribution in [0.25, 0.3) is 11.4 Å². The second-order valence-electron chi connectivity index (χ2n) is 5.05. The third kappa shape index (κ3) is 3.25. The highest BCUT2D eigenvalue weighted by Gasteiger charge is 2.06. The molecule has 0 saturated heterocycles. The average molecular weight is 294 g/mol. The number of benzene rings is 2. The Kier molecular flexibility index (Phi) is 4.05. The van der Waals surface area contributed by atoms with Crippen LogP contribution in [0, 0.1) is 6.92 Å². The Morgan fingerprint density at radius 1 is 1.05 bits per heavy atom. The van der Waals surface area contributed by atoms with Gasteiger partial charge in [0.25, 0.3) is 0 Å². The zero-order valence-corrected chi connectivity index (χ0v) is 12.6. The standard InChI is InChI=1S/C17H18N4O/c1-12-3-7-14(8-4-12)18-11-16-19-17(21-20-16)13-5-9-15(22-2)10-6-13/h3-10,18H,11H2,1-2H3,(H,19,20,21). The van der Waals surface area contributed by atoms with Crippen molar-refractivity contribution in [3.63, 3.8) is 0 Å². The molecule has 5 nitrogen and oxygen atoms in total. The Balaban J connectivity index is 1.66. The van der Waals surface area contributed by atoms with Gasteiger partial charge in [-0.1, -0.05) is 17.7 Å². The van der Waals surface area contributed by atoms with E-state index in [1.165, 1.54) is 5.56 Å². The number of aryl methyl sites for hydroxylation is 1. The molecular weight excluding hydrogens is 276 g/mol. The fraction of sp³-hybridized carbons (Fsp3) is 0.176. The van der Waals surface area contributed by atoms with E-state index in [9.17, 15) is 0 Å². The topological polar surface area (TPSA) is 62.8 Å². The van der Waals surface area contributed by atoms with Gasteiger partial charge in [-0.25, -0.2) is 4.98 Å². The van der Waals surface area contributed by atoms with E-state index in [-0.39, 0.29) is 0 Å². The van der Waals surface area contributed by atoms with Crippen molar-refractivity contribution in [1.82, 2.24) is 15.2 Å². The lowest BCUT2D eigenvalue weighted by molar-refractivity contribution is 0.415. The van der Waals surface area contributed by atoms with Crippen LogP contribution in [0.5, 0.6) is 5.75 Å². The highest BCUT2D eigenvalue weighted by atomic mass is 16.5. The molecule has 1 heterocycles. The first-order chi connectivity index (χ1) is 10.7. The van der Waals surface area contributed by atoms with E-state index < -0.39 is 0 Å². The largest absolute Gasteiger partial charge is 0.497 e. The number of nitrogens with zero attached hydrogens (tertiary/aromatic N) is 2. The Labute approximate surface area is 129 Å². The maximum absolute atomic E-state index is 5.15. The minimum absolute atomic E-state index is 0.603. The van der Waals surface area contributed by atoms with Crippen LogP contribution in [-0.2, 0) is 6.54 Å². The van der Waals surface area contributed by atoms with Crippen molar-refractivity contribution in [2.75, 3.05) is 12.4 Å². The molecule has 2 aromatic carbocycles. The molecule has 1 aromatic heterocycles. The maximum Gasteiger partial charge on any atom is 0.181 e. The van der Waals surface area contributed by atoms with Gasteiger partial charge in [-0.2, -0.15) is 5.10 Å². The highest BCUT2D eigenvalue weighted by Crippen LogP contribution is 2.19. The summed E-state index contributed by atoms with van der Waals surface area (Å²) in [6.45, 7) is 2.67. The van der Waals surface area contributed by atoms with Gasteiger partial charge in [0.15, 0.2) is 5.82 Å². The van der Waals surface area contributed by atoms with Gasteiger partial charge in [0.1, 0.15) is 11.6 Å². The molecule has 0 amide bonds. The summed E-state index contributed by atoms with van der Waals surface area (Å²) in [6.07, 6.45) is 0. The predicted molar refractivity (Wildman–Crippen MR) is 86.9 cm³/mol. The Hall–Kier alpha value is -2.82. The van der Waals surface area contributed by atoms with Crippen LogP contribution in [-0.4, -0.2) is 22.3 Å². The lowest BCUT2D eigenvalue weighted by atomic mass is 10.2. The lowest BCUT2D eigenvalue weighted by Crippen LogP contribution is -2.01. The quantitative estimate of drug-likeness (QED) is 0.757. The molecule has 0 unspecified atom stereocenters. The maximum atomic E-state index is 5.15. The SMILES string of the molecule is COc1ccc(-c2n[nH]c(CNc3ccc(C)cc3)n2)cc1. The van der Waals surface area contributed by atoms with Gasteiger partial charge in [0.2, 0.25) is 0 Å². The number of rotatable bonds is 5. The van der Waals surface area contributed by atoms with E-state index >= 15 is 0 Å². The van der Waals surface area contributed by atoms with Crippen LogP contribution in [0.3, 0.4) is 0 Å². The molecular formula is C17H18N4O. The molecule has 3 rings (SSSR count). The minimum Gasteiger partial charge on any atom is -0.497 e. The molecule has 0 atom stereocenters. The molecule has 0 aliphatic rings. The number of aromatic amines is 1. The van der Waals surface area contributed by atoms with Gasteiger partial charge >= 0.3 is 0 Å². The van der Waals surface area contributed by atoms with Gasteiger partial charge in [-0.15, -0.1) is 0 Å². The van der Waals surface area contributed by atoms with Crippen molar-refractivity contribution in [3.05, 3.63) is 59.9 Å². The summed E-state index contributed by atoms with van der Waals surface area (Å²) in [6, 6.07) is 15.9. The molecule has 0 spiro atoms. The van der Waals surface area contributed by atoms with Crippen LogP contribution in [0.2, 0.25) is 0 Å². The first kappa shape index (κ1) is 14.1. The zero-order valence-electron chi connectivity index (χ0n) is 12.6. The normalized spacial score (nSPS) is 10.5. The van der Waals surface area contributed by atoms with Gasteiger partial charge in [-0.05, 0) is 43.3 Å². The molecule has 0 aliphatic carbocycles. The van der Waals surface area contributed by atoms with Crippen LogP contribution < -0.4 is 10.1 Å². The van der Waals surface area contributed by atoms with Gasteiger partial charge in [-0.3, -0.25) is 5.10 Å². The average Bonchev–Trinajstić information content (AvgIpc) is 3.03. The van der Waals surface area contributed by atoms with E-state index in [2.05, 4.69) is 51.7 Å². The van der Waals surface area contributed by atoms with E-state index in [1.54, 1.807) is 7.11 Å². The van der Waals surface area contributed by atoms with Crippen LogP contribution in [0.1, 0.15) is 11.4 Å². The first-order valence-electron chi connectivity index (χ1n) is 7.11. The Bertz CT molecular complexity index is 732. The van der Waals surface area contributed by atoms with Crippen molar-refractivity contribution >= 4 is 5.69 Å². The monoisotopic (exact) mass is 294 g/mol. The summed E-state index contributed by atoms with van der Waals surface area (Å²) >= 11 is 0. The highest BCUT2D eigenvalue weighted by molar-refractivity contribution is 5.56. The van der Waals surface area contributed by atoms with Crippen LogP contribution in [0.4, 0.5) is 5.69 Å². The fourth-order valence-corrected chi connectivity index (χ4v) is 2.10. The second kappa shape index (κ2) is 6.30. The summed E-state index contributed by atoms with van der Waals surface area (Å²) in [7, 11) is 1.65. The number of hydrogen-bond acceptors (Lipinski definition) is 4. The third-order valence-electron chi connectivity index (χ3n) is 3.39. The number of aromatic nitrogens is 3. The molecule has 2 N–H and O–H groups in total. The third-order valence-corrected chi connectivity index (χ3v) is 3.39. The lowest BCUT2D eigenvalue weighted by Gasteiger charge is -2.03. The van der Waals surface area contributed by atoms with Gasteiger partial charge < -0.3 is 10.1 Å². The van der Waals surface area contributed by atoms with E-state index in [4.69, 9.17) is 4.74 Å². The zero-order chi connectivity index (χ0) is 15.4. The van der Waals surface area contributed by atoms with Crippen molar-refractivity contribution in [2.24, 2.45) is 0 Å². The van der Waals surface area contributed by atoms with E-state index in [1.807, 2.05) is 24.3 Å². The molecule has 3 aromatic rings. The number of nitrogens with one attached hydrogen (secondary N) is 2. The number of hydrogen-bond donors (Lipinski definition) is 2. The van der Waals surface area contributed by atoms with Gasteiger partial charge in [0.05, 0.1) is 13.7 Å². The Morgan fingerprint density at radius 2 is 1.77 bits per heavy atom. The predicted octanol–water partition coefficient (Wildman–Crippen LogP) is 3.40. The van der Waals surface area contributed by atoms with Gasteiger partial charge in [0, 0.05) is 11.3 Å². The van der Waals surface area contributed by atoms with E-state index in [0.717, 1.165) is 22.8 Å². The van der Waals surface area contributed by atoms with Crippen molar-refractivity contribution in [1.29, 1.82) is 0 Å². The molecule has 112 valence electrons. The molecule has 0 bridgehead atoms. The van der Waals surface area contributed by atoms with Crippen molar-refractivity contribution in [2.45, 2.75) is 13.5 Å². The summed E-state index contributed by atoms with van der Waals surface area (Å²) in [4.78, 5) is 4.50. The molecule has 0 radical (unpaired) electrons. The number of methoxy groups -OCH3 is 1. The fourth-order valence-electron chi connectivity index (χ4n) is 2.10. The molecule has 5 heteroatoms. The smallest absolute Gasteiger partial charge is 0.181 e. The molecule has 0 fully saturated rings. The number of ether oxygens (including phenoxy) is 1. The summed E-state index contributed by atoms with van der Waals surface area (Å²) < 4.78 is 5.15. The van der Waals surface area contributed by atoms with Crippen molar-refractivity contribution < 1.29 is 4.74 Å². The van der Waals surface area contributed by atoms with E-state index in [0.29, 0.717) is 12.4 Å².